The van der Waals surface area contributed by atoms with Gasteiger partial charge in [0.1, 0.15) is 17.9 Å². The summed E-state index contributed by atoms with van der Waals surface area (Å²) in [5.74, 6) is -0.466. The summed E-state index contributed by atoms with van der Waals surface area (Å²) in [4.78, 5) is 24.0. The standard InChI is InChI=1S/C20H23NO4/c1-3-15(2)21-19(22)14-25-20(23)17-11-7-8-12-18(17)24-13-16-9-5-4-6-10-16/h4-12,15H,3,13-14H2,1-2H3,(H,21,22). The lowest BCUT2D eigenvalue weighted by Gasteiger charge is -2.13. The molecule has 0 aromatic heterocycles. The molecule has 0 aliphatic heterocycles. The van der Waals surface area contributed by atoms with Crippen molar-refractivity contribution in [1.29, 1.82) is 0 Å². The van der Waals surface area contributed by atoms with E-state index in [9.17, 15) is 9.59 Å². The van der Waals surface area contributed by atoms with Crippen LogP contribution in [0.25, 0.3) is 0 Å². The normalized spacial score (nSPS) is 11.4. The summed E-state index contributed by atoms with van der Waals surface area (Å²) >= 11 is 0. The van der Waals surface area contributed by atoms with Gasteiger partial charge in [0.2, 0.25) is 0 Å². The Morgan fingerprint density at radius 2 is 1.72 bits per heavy atom. The second-order valence-electron chi connectivity index (χ2n) is 5.72. The smallest absolute Gasteiger partial charge is 0.342 e. The van der Waals surface area contributed by atoms with Crippen LogP contribution in [0.4, 0.5) is 0 Å². The molecule has 25 heavy (non-hydrogen) atoms. The first-order chi connectivity index (χ1) is 12.1. The lowest BCUT2D eigenvalue weighted by Crippen LogP contribution is -2.35. The fraction of sp³-hybridized carbons (Fsp3) is 0.300. The van der Waals surface area contributed by atoms with E-state index in [0.29, 0.717) is 17.9 Å². The molecule has 1 N–H and O–H groups in total. The summed E-state index contributed by atoms with van der Waals surface area (Å²) < 4.78 is 10.8. The zero-order valence-electron chi connectivity index (χ0n) is 14.5. The van der Waals surface area contributed by atoms with Crippen LogP contribution in [0.1, 0.15) is 36.2 Å². The summed E-state index contributed by atoms with van der Waals surface area (Å²) in [5.41, 5.74) is 1.30. The van der Waals surface area contributed by atoms with E-state index in [1.165, 1.54) is 0 Å². The molecule has 5 nitrogen and oxygen atoms in total. The van der Waals surface area contributed by atoms with Crippen molar-refractivity contribution in [1.82, 2.24) is 5.32 Å². The van der Waals surface area contributed by atoms with Crippen LogP contribution in [-0.2, 0) is 16.1 Å². The second-order valence-corrected chi connectivity index (χ2v) is 5.72. The monoisotopic (exact) mass is 341 g/mol. The minimum Gasteiger partial charge on any atom is -0.488 e. The van der Waals surface area contributed by atoms with E-state index < -0.39 is 5.97 Å². The molecule has 132 valence electrons. The molecule has 0 spiro atoms. The topological polar surface area (TPSA) is 64.6 Å². The highest BCUT2D eigenvalue weighted by atomic mass is 16.5. The van der Waals surface area contributed by atoms with Crippen LogP contribution in [0.15, 0.2) is 54.6 Å². The van der Waals surface area contributed by atoms with E-state index in [0.717, 1.165) is 12.0 Å². The van der Waals surface area contributed by atoms with Crippen LogP contribution in [0.5, 0.6) is 5.75 Å². The maximum absolute atomic E-state index is 12.3. The van der Waals surface area contributed by atoms with Crippen LogP contribution < -0.4 is 10.1 Å². The van der Waals surface area contributed by atoms with Gasteiger partial charge in [0.15, 0.2) is 6.61 Å². The molecule has 0 saturated carbocycles. The first-order valence-electron chi connectivity index (χ1n) is 8.32. The van der Waals surface area contributed by atoms with Gasteiger partial charge in [0, 0.05) is 6.04 Å². The van der Waals surface area contributed by atoms with Crippen molar-refractivity contribution in [3.8, 4) is 5.75 Å². The molecule has 5 heteroatoms. The van der Waals surface area contributed by atoms with E-state index >= 15 is 0 Å². The van der Waals surface area contributed by atoms with Gasteiger partial charge < -0.3 is 14.8 Å². The van der Waals surface area contributed by atoms with Crippen LogP contribution >= 0.6 is 0 Å². The molecular formula is C20H23NO4. The Bertz CT molecular complexity index is 700. The highest BCUT2D eigenvalue weighted by Gasteiger charge is 2.16. The van der Waals surface area contributed by atoms with E-state index in [4.69, 9.17) is 9.47 Å². The first kappa shape index (κ1) is 18.5. The zero-order chi connectivity index (χ0) is 18.1. The molecule has 2 aromatic rings. The number of esters is 1. The number of carbonyl (C=O) groups excluding carboxylic acids is 2. The largest absolute Gasteiger partial charge is 0.488 e. The van der Waals surface area contributed by atoms with Crippen LogP contribution in [0.3, 0.4) is 0 Å². The lowest BCUT2D eigenvalue weighted by molar-refractivity contribution is -0.124. The van der Waals surface area contributed by atoms with Gasteiger partial charge in [-0.15, -0.1) is 0 Å². The van der Waals surface area contributed by atoms with Crippen molar-refractivity contribution in [2.75, 3.05) is 6.61 Å². The molecule has 0 saturated heterocycles. The number of amides is 1. The predicted octanol–water partition coefficient (Wildman–Crippen LogP) is 3.34. The molecule has 0 radical (unpaired) electrons. The van der Waals surface area contributed by atoms with Gasteiger partial charge in [-0.1, -0.05) is 49.4 Å². The lowest BCUT2D eigenvalue weighted by atomic mass is 10.2. The predicted molar refractivity (Wildman–Crippen MR) is 95.4 cm³/mol. The Morgan fingerprint density at radius 3 is 2.44 bits per heavy atom. The van der Waals surface area contributed by atoms with Crippen LogP contribution in [-0.4, -0.2) is 24.5 Å². The summed E-state index contributed by atoms with van der Waals surface area (Å²) in [5, 5.41) is 2.75. The molecule has 0 bridgehead atoms. The number of hydrogen-bond donors (Lipinski definition) is 1. The van der Waals surface area contributed by atoms with Gasteiger partial charge in [-0.3, -0.25) is 4.79 Å². The summed E-state index contributed by atoms with van der Waals surface area (Å²) in [7, 11) is 0. The van der Waals surface area contributed by atoms with E-state index in [1.54, 1.807) is 24.3 Å². The third-order valence-electron chi connectivity index (χ3n) is 3.70. The molecule has 0 aliphatic carbocycles. The average Bonchev–Trinajstić information content (AvgIpc) is 2.65. The molecule has 2 aromatic carbocycles. The molecule has 1 unspecified atom stereocenters. The Balaban J connectivity index is 1.94. The Hall–Kier alpha value is -2.82. The van der Waals surface area contributed by atoms with Crippen molar-refractivity contribution >= 4 is 11.9 Å². The number of ether oxygens (including phenoxy) is 2. The summed E-state index contributed by atoms with van der Waals surface area (Å²) in [6, 6.07) is 16.6. The van der Waals surface area contributed by atoms with E-state index in [1.807, 2.05) is 44.2 Å². The van der Waals surface area contributed by atoms with E-state index in [2.05, 4.69) is 5.32 Å². The number of hydrogen-bond acceptors (Lipinski definition) is 4. The summed E-state index contributed by atoms with van der Waals surface area (Å²) in [6.07, 6.45) is 0.815. The third kappa shape index (κ3) is 5.95. The van der Waals surface area contributed by atoms with Crippen LogP contribution in [0.2, 0.25) is 0 Å². The van der Waals surface area contributed by atoms with Gasteiger partial charge >= 0.3 is 5.97 Å². The second kappa shape index (κ2) is 9.47. The van der Waals surface area contributed by atoms with Crippen molar-refractivity contribution in [3.63, 3.8) is 0 Å². The molecule has 1 atom stereocenters. The fourth-order valence-corrected chi connectivity index (χ4v) is 2.12. The Morgan fingerprint density at radius 1 is 1.04 bits per heavy atom. The molecule has 0 fully saturated rings. The van der Waals surface area contributed by atoms with E-state index in [-0.39, 0.29) is 18.6 Å². The van der Waals surface area contributed by atoms with Crippen molar-refractivity contribution in [2.45, 2.75) is 32.9 Å². The Labute approximate surface area is 148 Å². The van der Waals surface area contributed by atoms with Crippen molar-refractivity contribution in [3.05, 3.63) is 65.7 Å². The Kier molecular flexibility index (Phi) is 7.01. The van der Waals surface area contributed by atoms with Gasteiger partial charge in [-0.2, -0.15) is 0 Å². The van der Waals surface area contributed by atoms with Crippen molar-refractivity contribution < 1.29 is 19.1 Å². The zero-order valence-corrected chi connectivity index (χ0v) is 14.5. The highest BCUT2D eigenvalue weighted by Crippen LogP contribution is 2.20. The van der Waals surface area contributed by atoms with Crippen LogP contribution in [0, 0.1) is 0 Å². The number of carbonyl (C=O) groups is 2. The molecule has 0 aliphatic rings. The maximum atomic E-state index is 12.3. The quantitative estimate of drug-likeness (QED) is 0.748. The number of benzene rings is 2. The molecule has 2 rings (SSSR count). The minimum absolute atomic E-state index is 0.0488. The fourth-order valence-electron chi connectivity index (χ4n) is 2.12. The SMILES string of the molecule is CCC(C)NC(=O)COC(=O)c1ccccc1OCc1ccccc1. The van der Waals surface area contributed by atoms with Crippen molar-refractivity contribution in [2.24, 2.45) is 0 Å². The first-order valence-corrected chi connectivity index (χ1v) is 8.32. The molecular weight excluding hydrogens is 318 g/mol. The van der Waals surface area contributed by atoms with Gasteiger partial charge in [-0.05, 0) is 31.0 Å². The highest BCUT2D eigenvalue weighted by molar-refractivity contribution is 5.94. The number of para-hydroxylation sites is 1. The number of rotatable bonds is 8. The summed E-state index contributed by atoms with van der Waals surface area (Å²) in [6.45, 7) is 3.90. The average molecular weight is 341 g/mol. The third-order valence-corrected chi connectivity index (χ3v) is 3.70. The minimum atomic E-state index is -0.581. The maximum Gasteiger partial charge on any atom is 0.342 e. The molecule has 1 amide bonds. The molecule has 0 heterocycles. The number of nitrogens with one attached hydrogen (secondary N) is 1. The van der Waals surface area contributed by atoms with Gasteiger partial charge in [0.05, 0.1) is 0 Å². The van der Waals surface area contributed by atoms with Gasteiger partial charge in [-0.25, -0.2) is 4.79 Å². The van der Waals surface area contributed by atoms with Gasteiger partial charge in [0.25, 0.3) is 5.91 Å².